The van der Waals surface area contributed by atoms with Crippen LogP contribution in [0.1, 0.15) is 28.5 Å². The summed E-state index contributed by atoms with van der Waals surface area (Å²) in [5, 5.41) is 7.25. The first-order valence-corrected chi connectivity index (χ1v) is 7.12. The summed E-state index contributed by atoms with van der Waals surface area (Å²) in [6.07, 6.45) is 1.95. The maximum absolute atomic E-state index is 12.3. The van der Waals surface area contributed by atoms with Crippen LogP contribution in [0.15, 0.2) is 24.4 Å². The van der Waals surface area contributed by atoms with Crippen LogP contribution in [0.4, 0.5) is 0 Å². The molecule has 0 saturated heterocycles. The second-order valence-corrected chi connectivity index (χ2v) is 4.84. The van der Waals surface area contributed by atoms with E-state index in [2.05, 4.69) is 10.4 Å². The third-order valence-corrected chi connectivity index (χ3v) is 3.46. The van der Waals surface area contributed by atoms with Crippen LogP contribution in [0.5, 0.6) is 11.5 Å². The lowest BCUT2D eigenvalue weighted by atomic mass is 10.1. The van der Waals surface area contributed by atoms with Crippen molar-refractivity contribution in [2.75, 3.05) is 14.2 Å². The Kier molecular flexibility index (Phi) is 5.04. The van der Waals surface area contributed by atoms with Gasteiger partial charge in [-0.1, -0.05) is 0 Å². The molecule has 0 radical (unpaired) electrons. The highest BCUT2D eigenvalue weighted by molar-refractivity contribution is 5.97. The van der Waals surface area contributed by atoms with Gasteiger partial charge in [0.1, 0.15) is 11.5 Å². The molecule has 0 spiro atoms. The zero-order chi connectivity index (χ0) is 16.1. The van der Waals surface area contributed by atoms with Gasteiger partial charge in [-0.2, -0.15) is 5.10 Å². The van der Waals surface area contributed by atoms with Crippen LogP contribution >= 0.6 is 0 Å². The average molecular weight is 303 g/mol. The summed E-state index contributed by atoms with van der Waals surface area (Å²) in [6, 6.07) is 5.11. The van der Waals surface area contributed by atoms with Crippen molar-refractivity contribution in [2.24, 2.45) is 0 Å². The van der Waals surface area contributed by atoms with Crippen molar-refractivity contribution in [3.05, 3.63) is 41.2 Å². The van der Waals surface area contributed by atoms with Crippen LogP contribution in [0.25, 0.3) is 0 Å². The Balaban J connectivity index is 2.10. The zero-order valence-electron chi connectivity index (χ0n) is 13.3. The van der Waals surface area contributed by atoms with Crippen LogP contribution in [0, 0.1) is 6.92 Å². The fraction of sp³-hybridized carbons (Fsp3) is 0.375. The summed E-state index contributed by atoms with van der Waals surface area (Å²) in [5.74, 6) is 0.939. The average Bonchev–Trinajstić information content (AvgIpc) is 2.92. The standard InChI is InChI=1S/C16H21N3O3/c1-5-19-10-12(11(2)18-19)9-17-16(20)14-7-6-13(21-3)8-15(14)22-4/h6-8,10H,5,9H2,1-4H3,(H,17,20). The summed E-state index contributed by atoms with van der Waals surface area (Å²) in [6.45, 7) is 5.19. The maximum atomic E-state index is 12.3. The molecule has 0 bridgehead atoms. The molecule has 22 heavy (non-hydrogen) atoms. The van der Waals surface area contributed by atoms with Crippen LogP contribution in [-0.2, 0) is 13.1 Å². The number of carbonyl (C=O) groups excluding carboxylic acids is 1. The van der Waals surface area contributed by atoms with E-state index in [0.717, 1.165) is 17.8 Å². The number of amides is 1. The second kappa shape index (κ2) is 6.98. The number of nitrogens with zero attached hydrogens (tertiary/aromatic N) is 2. The number of nitrogens with one attached hydrogen (secondary N) is 1. The number of benzene rings is 1. The summed E-state index contributed by atoms with van der Waals surface area (Å²) in [5.41, 5.74) is 2.40. The van der Waals surface area contributed by atoms with Gasteiger partial charge in [0, 0.05) is 30.9 Å². The van der Waals surface area contributed by atoms with E-state index in [-0.39, 0.29) is 5.91 Å². The normalized spacial score (nSPS) is 10.4. The highest BCUT2D eigenvalue weighted by atomic mass is 16.5. The molecule has 6 heteroatoms. The molecule has 0 atom stereocenters. The lowest BCUT2D eigenvalue weighted by molar-refractivity contribution is 0.0948. The van der Waals surface area contributed by atoms with Crippen molar-refractivity contribution in [3.63, 3.8) is 0 Å². The lowest BCUT2D eigenvalue weighted by Crippen LogP contribution is -2.23. The van der Waals surface area contributed by atoms with Gasteiger partial charge in [-0.05, 0) is 26.0 Å². The molecule has 118 valence electrons. The van der Waals surface area contributed by atoms with E-state index in [1.54, 1.807) is 25.3 Å². The van der Waals surface area contributed by atoms with Crippen LogP contribution in [-0.4, -0.2) is 29.9 Å². The Labute approximate surface area is 130 Å². The van der Waals surface area contributed by atoms with E-state index in [1.165, 1.54) is 7.11 Å². The number of methoxy groups -OCH3 is 2. The topological polar surface area (TPSA) is 65.4 Å². The number of hydrogen-bond acceptors (Lipinski definition) is 4. The molecule has 0 unspecified atom stereocenters. The number of ether oxygens (including phenoxy) is 2. The van der Waals surface area contributed by atoms with Gasteiger partial charge in [0.2, 0.25) is 0 Å². The van der Waals surface area contributed by atoms with E-state index in [4.69, 9.17) is 9.47 Å². The Hall–Kier alpha value is -2.50. The highest BCUT2D eigenvalue weighted by Gasteiger charge is 2.14. The van der Waals surface area contributed by atoms with E-state index < -0.39 is 0 Å². The molecule has 0 aliphatic rings. The Morgan fingerprint density at radius 2 is 2.09 bits per heavy atom. The van der Waals surface area contributed by atoms with Gasteiger partial charge >= 0.3 is 0 Å². The number of hydrogen-bond donors (Lipinski definition) is 1. The number of aromatic nitrogens is 2. The zero-order valence-corrected chi connectivity index (χ0v) is 13.3. The molecule has 1 aromatic heterocycles. The largest absolute Gasteiger partial charge is 0.497 e. The van der Waals surface area contributed by atoms with E-state index in [9.17, 15) is 4.79 Å². The van der Waals surface area contributed by atoms with Crippen molar-refractivity contribution in [2.45, 2.75) is 26.9 Å². The second-order valence-electron chi connectivity index (χ2n) is 4.84. The first-order chi connectivity index (χ1) is 10.6. The molecule has 0 aliphatic heterocycles. The minimum atomic E-state index is -0.192. The molecular formula is C16H21N3O3. The molecule has 1 N–H and O–H groups in total. The molecule has 2 rings (SSSR count). The monoisotopic (exact) mass is 303 g/mol. The SMILES string of the molecule is CCn1cc(CNC(=O)c2ccc(OC)cc2OC)c(C)n1. The summed E-state index contributed by atoms with van der Waals surface area (Å²) >= 11 is 0. The van der Waals surface area contributed by atoms with Gasteiger partial charge in [0.25, 0.3) is 5.91 Å². The van der Waals surface area contributed by atoms with E-state index >= 15 is 0 Å². The van der Waals surface area contributed by atoms with Gasteiger partial charge in [-0.15, -0.1) is 0 Å². The van der Waals surface area contributed by atoms with Gasteiger partial charge in [0.05, 0.1) is 25.5 Å². The third kappa shape index (κ3) is 3.39. The number of rotatable bonds is 6. The molecule has 0 saturated carbocycles. The van der Waals surface area contributed by atoms with Crippen LogP contribution < -0.4 is 14.8 Å². The molecular weight excluding hydrogens is 282 g/mol. The smallest absolute Gasteiger partial charge is 0.255 e. The van der Waals surface area contributed by atoms with Crippen molar-refractivity contribution in [3.8, 4) is 11.5 Å². The van der Waals surface area contributed by atoms with Gasteiger partial charge < -0.3 is 14.8 Å². The molecule has 0 fully saturated rings. The fourth-order valence-electron chi connectivity index (χ4n) is 2.15. The summed E-state index contributed by atoms with van der Waals surface area (Å²) in [7, 11) is 3.10. The molecule has 1 heterocycles. The number of carbonyl (C=O) groups is 1. The minimum absolute atomic E-state index is 0.192. The number of aryl methyl sites for hydroxylation is 2. The van der Waals surface area contributed by atoms with Crippen molar-refractivity contribution in [1.29, 1.82) is 0 Å². The van der Waals surface area contributed by atoms with Crippen LogP contribution in [0.2, 0.25) is 0 Å². The Morgan fingerprint density at radius 3 is 2.68 bits per heavy atom. The lowest BCUT2D eigenvalue weighted by Gasteiger charge is -2.10. The van der Waals surface area contributed by atoms with Gasteiger partial charge in [-0.3, -0.25) is 9.48 Å². The van der Waals surface area contributed by atoms with Crippen molar-refractivity contribution >= 4 is 5.91 Å². The maximum Gasteiger partial charge on any atom is 0.255 e. The molecule has 2 aromatic rings. The Bertz CT molecular complexity index is 665. The highest BCUT2D eigenvalue weighted by Crippen LogP contribution is 2.24. The molecule has 1 amide bonds. The van der Waals surface area contributed by atoms with Crippen molar-refractivity contribution in [1.82, 2.24) is 15.1 Å². The quantitative estimate of drug-likeness (QED) is 0.888. The predicted molar refractivity (Wildman–Crippen MR) is 83.4 cm³/mol. The summed E-state index contributed by atoms with van der Waals surface area (Å²) in [4.78, 5) is 12.3. The Morgan fingerprint density at radius 1 is 1.32 bits per heavy atom. The van der Waals surface area contributed by atoms with E-state index in [1.807, 2.05) is 24.7 Å². The first kappa shape index (κ1) is 15.9. The molecule has 0 aliphatic carbocycles. The van der Waals surface area contributed by atoms with Gasteiger partial charge in [0.15, 0.2) is 0 Å². The third-order valence-electron chi connectivity index (χ3n) is 3.46. The minimum Gasteiger partial charge on any atom is -0.497 e. The molecule has 6 nitrogen and oxygen atoms in total. The fourth-order valence-corrected chi connectivity index (χ4v) is 2.15. The van der Waals surface area contributed by atoms with E-state index in [0.29, 0.717) is 23.6 Å². The van der Waals surface area contributed by atoms with Crippen LogP contribution in [0.3, 0.4) is 0 Å². The summed E-state index contributed by atoms with van der Waals surface area (Å²) < 4.78 is 12.2. The first-order valence-electron chi connectivity index (χ1n) is 7.12. The van der Waals surface area contributed by atoms with Crippen molar-refractivity contribution < 1.29 is 14.3 Å². The van der Waals surface area contributed by atoms with Gasteiger partial charge in [-0.25, -0.2) is 0 Å². The predicted octanol–water partition coefficient (Wildman–Crippen LogP) is 2.16. The molecule has 1 aromatic carbocycles.